The van der Waals surface area contributed by atoms with Gasteiger partial charge in [0.25, 0.3) is 0 Å². The number of nitrogens with zero attached hydrogens (tertiary/aromatic N) is 1. The third-order valence-corrected chi connectivity index (χ3v) is 2.33. The lowest BCUT2D eigenvalue weighted by Gasteiger charge is -2.11. The number of carboxylic acids is 1. The van der Waals surface area contributed by atoms with E-state index in [1.165, 1.54) is 6.08 Å². The molecule has 1 fully saturated rings. The third kappa shape index (κ3) is 3.57. The van der Waals surface area contributed by atoms with Crippen LogP contribution in [0.3, 0.4) is 0 Å². The van der Waals surface area contributed by atoms with Gasteiger partial charge in [-0.1, -0.05) is 6.08 Å². The first-order valence-electron chi connectivity index (χ1n) is 4.54. The maximum absolute atomic E-state index is 10.2. The molecule has 1 heterocycles. The number of carboxylic acid groups (broad SMARTS) is 1. The molecule has 0 aromatic rings. The van der Waals surface area contributed by atoms with Gasteiger partial charge in [-0.15, -0.1) is 0 Å². The molecule has 13 heavy (non-hydrogen) atoms. The molecule has 1 unspecified atom stereocenters. The van der Waals surface area contributed by atoms with Gasteiger partial charge in [-0.05, 0) is 25.4 Å². The van der Waals surface area contributed by atoms with E-state index in [4.69, 9.17) is 10.8 Å². The van der Waals surface area contributed by atoms with Crippen molar-refractivity contribution in [1.29, 1.82) is 0 Å². The summed E-state index contributed by atoms with van der Waals surface area (Å²) in [6.45, 7) is 3.49. The molecule has 0 aromatic heterocycles. The zero-order valence-electron chi connectivity index (χ0n) is 7.65. The molecule has 74 valence electrons. The number of aliphatic carboxylic acids is 1. The molecule has 0 amide bonds. The quantitative estimate of drug-likeness (QED) is 0.599. The van der Waals surface area contributed by atoms with Crippen molar-refractivity contribution in [2.24, 2.45) is 11.7 Å². The van der Waals surface area contributed by atoms with Gasteiger partial charge in [0, 0.05) is 19.2 Å². The highest BCUT2D eigenvalue weighted by Gasteiger charge is 2.19. The first kappa shape index (κ1) is 10.2. The van der Waals surface area contributed by atoms with Gasteiger partial charge in [0.2, 0.25) is 0 Å². The van der Waals surface area contributed by atoms with E-state index in [9.17, 15) is 4.79 Å². The van der Waals surface area contributed by atoms with Gasteiger partial charge in [0.1, 0.15) is 0 Å². The van der Waals surface area contributed by atoms with E-state index in [0.717, 1.165) is 32.6 Å². The Morgan fingerprint density at radius 3 is 3.00 bits per heavy atom. The Hall–Kier alpha value is -0.870. The van der Waals surface area contributed by atoms with Crippen molar-refractivity contribution in [3.63, 3.8) is 0 Å². The lowest BCUT2D eigenvalue weighted by atomic mass is 10.1. The van der Waals surface area contributed by atoms with Crippen LogP contribution in [0.5, 0.6) is 0 Å². The van der Waals surface area contributed by atoms with Crippen molar-refractivity contribution in [2.75, 3.05) is 26.2 Å². The predicted octanol–water partition coefficient (Wildman–Crippen LogP) is -0.0922. The second-order valence-electron chi connectivity index (χ2n) is 3.39. The second kappa shape index (κ2) is 4.99. The highest BCUT2D eigenvalue weighted by atomic mass is 16.4. The van der Waals surface area contributed by atoms with Crippen molar-refractivity contribution in [2.45, 2.75) is 6.42 Å². The Kier molecular flexibility index (Phi) is 3.92. The lowest BCUT2D eigenvalue weighted by molar-refractivity contribution is -0.131. The van der Waals surface area contributed by atoms with E-state index in [2.05, 4.69) is 4.90 Å². The van der Waals surface area contributed by atoms with E-state index < -0.39 is 5.97 Å². The number of rotatable bonds is 4. The largest absolute Gasteiger partial charge is 0.478 e. The zero-order valence-corrected chi connectivity index (χ0v) is 7.65. The average molecular weight is 184 g/mol. The van der Waals surface area contributed by atoms with E-state index in [1.807, 2.05) is 0 Å². The van der Waals surface area contributed by atoms with Crippen LogP contribution in [-0.4, -0.2) is 42.2 Å². The van der Waals surface area contributed by atoms with Crippen LogP contribution in [0, 0.1) is 5.92 Å². The molecule has 0 bridgehead atoms. The van der Waals surface area contributed by atoms with Gasteiger partial charge in [-0.25, -0.2) is 4.79 Å². The van der Waals surface area contributed by atoms with Crippen LogP contribution in [0.4, 0.5) is 0 Å². The second-order valence-corrected chi connectivity index (χ2v) is 3.39. The van der Waals surface area contributed by atoms with Gasteiger partial charge in [0.15, 0.2) is 0 Å². The van der Waals surface area contributed by atoms with Crippen LogP contribution in [0.25, 0.3) is 0 Å². The molecule has 1 atom stereocenters. The highest BCUT2D eigenvalue weighted by Crippen LogP contribution is 2.13. The Morgan fingerprint density at radius 1 is 1.69 bits per heavy atom. The Morgan fingerprint density at radius 2 is 2.46 bits per heavy atom. The summed E-state index contributed by atoms with van der Waals surface area (Å²) in [7, 11) is 0. The summed E-state index contributed by atoms with van der Waals surface area (Å²) in [4.78, 5) is 12.4. The average Bonchev–Trinajstić information content (AvgIpc) is 2.52. The van der Waals surface area contributed by atoms with E-state index in [-0.39, 0.29) is 0 Å². The fraction of sp³-hybridized carbons (Fsp3) is 0.667. The summed E-state index contributed by atoms with van der Waals surface area (Å²) in [5.74, 6) is -0.284. The zero-order chi connectivity index (χ0) is 9.68. The maximum Gasteiger partial charge on any atom is 0.328 e. The molecule has 1 rings (SSSR count). The van der Waals surface area contributed by atoms with Crippen molar-refractivity contribution in [3.05, 3.63) is 12.2 Å². The molecule has 1 saturated heterocycles. The minimum Gasteiger partial charge on any atom is -0.478 e. The lowest BCUT2D eigenvalue weighted by Crippen LogP contribution is -2.23. The van der Waals surface area contributed by atoms with Crippen LogP contribution in [0.1, 0.15) is 6.42 Å². The molecule has 0 saturated carbocycles. The van der Waals surface area contributed by atoms with E-state index in [0.29, 0.717) is 5.92 Å². The monoisotopic (exact) mass is 184 g/mol. The summed E-state index contributed by atoms with van der Waals surface area (Å²) < 4.78 is 0. The van der Waals surface area contributed by atoms with Crippen LogP contribution >= 0.6 is 0 Å². The van der Waals surface area contributed by atoms with Crippen molar-refractivity contribution in [3.8, 4) is 0 Å². The molecule has 1 aliphatic rings. The van der Waals surface area contributed by atoms with Crippen LogP contribution in [-0.2, 0) is 4.79 Å². The number of nitrogens with two attached hydrogens (primary N) is 1. The molecular weight excluding hydrogens is 168 g/mol. The topological polar surface area (TPSA) is 66.6 Å². The summed E-state index contributed by atoms with van der Waals surface area (Å²) in [5, 5.41) is 8.36. The predicted molar refractivity (Wildman–Crippen MR) is 50.4 cm³/mol. The fourth-order valence-corrected chi connectivity index (χ4v) is 1.57. The van der Waals surface area contributed by atoms with Gasteiger partial charge < -0.3 is 10.8 Å². The Balaban J connectivity index is 2.20. The summed E-state index contributed by atoms with van der Waals surface area (Å²) >= 11 is 0. The van der Waals surface area contributed by atoms with Crippen LogP contribution in [0.2, 0.25) is 0 Å². The van der Waals surface area contributed by atoms with E-state index in [1.54, 1.807) is 6.08 Å². The third-order valence-electron chi connectivity index (χ3n) is 2.33. The van der Waals surface area contributed by atoms with Gasteiger partial charge in [-0.3, -0.25) is 4.90 Å². The summed E-state index contributed by atoms with van der Waals surface area (Å²) in [6, 6.07) is 0. The molecule has 4 nitrogen and oxygen atoms in total. The van der Waals surface area contributed by atoms with Crippen LogP contribution < -0.4 is 5.73 Å². The molecule has 0 aliphatic carbocycles. The molecule has 4 heteroatoms. The molecule has 3 N–H and O–H groups in total. The van der Waals surface area contributed by atoms with Gasteiger partial charge in [-0.2, -0.15) is 0 Å². The molecule has 0 radical (unpaired) electrons. The van der Waals surface area contributed by atoms with Crippen LogP contribution in [0.15, 0.2) is 12.2 Å². The number of carbonyl (C=O) groups is 1. The molecule has 0 spiro atoms. The first-order chi connectivity index (χ1) is 6.22. The fourth-order valence-electron chi connectivity index (χ4n) is 1.57. The van der Waals surface area contributed by atoms with Crippen molar-refractivity contribution < 1.29 is 9.90 Å². The molecule has 0 aromatic carbocycles. The minimum absolute atomic E-state index is 0.596. The van der Waals surface area contributed by atoms with E-state index >= 15 is 0 Å². The number of hydrogen-bond donors (Lipinski definition) is 2. The first-order valence-corrected chi connectivity index (χ1v) is 4.54. The molecular formula is C9H16N2O2. The van der Waals surface area contributed by atoms with Gasteiger partial charge in [0.05, 0.1) is 0 Å². The highest BCUT2D eigenvalue weighted by molar-refractivity contribution is 5.79. The Labute approximate surface area is 78.0 Å². The maximum atomic E-state index is 10.2. The summed E-state index contributed by atoms with van der Waals surface area (Å²) in [6.07, 6.45) is 4.01. The summed E-state index contributed by atoms with van der Waals surface area (Å²) in [5.41, 5.74) is 5.53. The van der Waals surface area contributed by atoms with Gasteiger partial charge >= 0.3 is 5.97 Å². The SMILES string of the molecule is NCC1CCN(CC=CC(=O)O)C1. The number of likely N-dealkylation sites (tertiary alicyclic amines) is 1. The minimum atomic E-state index is -0.880. The molecule has 1 aliphatic heterocycles. The standard InChI is InChI=1S/C9H16N2O2/c10-6-8-3-5-11(7-8)4-1-2-9(12)13/h1-2,8H,3-7,10H2,(H,12,13). The number of hydrogen-bond acceptors (Lipinski definition) is 3. The van der Waals surface area contributed by atoms with Crippen molar-refractivity contribution >= 4 is 5.97 Å². The van der Waals surface area contributed by atoms with Crippen molar-refractivity contribution in [1.82, 2.24) is 4.90 Å². The normalized spacial score (nSPS) is 24.2. The smallest absolute Gasteiger partial charge is 0.328 e. The Bertz CT molecular complexity index is 204.